The third kappa shape index (κ3) is 3.92. The van der Waals surface area contributed by atoms with Gasteiger partial charge in [0, 0.05) is 6.07 Å². The van der Waals surface area contributed by atoms with E-state index in [-0.39, 0.29) is 18.0 Å². The van der Waals surface area contributed by atoms with Crippen LogP contribution in [-0.2, 0) is 9.53 Å². The Morgan fingerprint density at radius 3 is 2.75 bits per heavy atom. The van der Waals surface area contributed by atoms with E-state index in [1.807, 2.05) is 6.92 Å². The van der Waals surface area contributed by atoms with Crippen LogP contribution in [0.5, 0.6) is 5.75 Å². The molecule has 0 aliphatic carbocycles. The van der Waals surface area contributed by atoms with Crippen LogP contribution in [0.2, 0.25) is 0 Å². The van der Waals surface area contributed by atoms with Gasteiger partial charge in [0.15, 0.2) is 5.75 Å². The maximum Gasteiger partial charge on any atom is 0.326 e. The van der Waals surface area contributed by atoms with Crippen molar-refractivity contribution >= 4 is 11.7 Å². The number of nitrogens with one attached hydrogen (secondary N) is 1. The number of methoxy groups -OCH3 is 1. The zero-order chi connectivity index (χ0) is 15.1. The number of ether oxygens (including phenoxy) is 2. The summed E-state index contributed by atoms with van der Waals surface area (Å²) in [6.45, 7) is 4.07. The highest BCUT2D eigenvalue weighted by molar-refractivity contribution is 5.75. The van der Waals surface area contributed by atoms with Crippen LogP contribution in [0, 0.1) is 17.0 Å². The molecule has 0 saturated heterocycles. The summed E-state index contributed by atoms with van der Waals surface area (Å²) >= 11 is 0. The number of benzene rings is 1. The van der Waals surface area contributed by atoms with Gasteiger partial charge in [-0.2, -0.15) is 0 Å². The summed E-state index contributed by atoms with van der Waals surface area (Å²) in [6.07, 6.45) is 0. The highest BCUT2D eigenvalue weighted by Crippen LogP contribution is 2.30. The standard InChI is InChI=1S/C13H18N2O5/c1-4-14-10(13(16)19-3)8-20-12-9(2)6-5-7-11(12)15(17)18/h5-7,10,14H,4,8H2,1-3H3. The minimum atomic E-state index is -0.663. The highest BCUT2D eigenvalue weighted by atomic mass is 16.6. The van der Waals surface area contributed by atoms with Crippen LogP contribution in [0.3, 0.4) is 0 Å². The van der Waals surface area contributed by atoms with E-state index in [9.17, 15) is 14.9 Å². The summed E-state index contributed by atoms with van der Waals surface area (Å²) in [5.74, 6) is -0.299. The second-order valence-corrected chi connectivity index (χ2v) is 4.12. The van der Waals surface area contributed by atoms with Gasteiger partial charge >= 0.3 is 11.7 Å². The van der Waals surface area contributed by atoms with Gasteiger partial charge in [-0.15, -0.1) is 0 Å². The van der Waals surface area contributed by atoms with E-state index in [1.54, 1.807) is 19.1 Å². The summed E-state index contributed by atoms with van der Waals surface area (Å²) in [5.41, 5.74) is 0.518. The molecule has 0 spiro atoms. The lowest BCUT2D eigenvalue weighted by Crippen LogP contribution is -2.42. The number of aryl methyl sites for hydroxylation is 1. The predicted molar refractivity (Wildman–Crippen MR) is 72.8 cm³/mol. The third-order valence-electron chi connectivity index (χ3n) is 2.72. The van der Waals surface area contributed by atoms with Gasteiger partial charge in [-0.05, 0) is 19.0 Å². The van der Waals surface area contributed by atoms with Crippen molar-refractivity contribution in [1.29, 1.82) is 0 Å². The second kappa shape index (κ2) is 7.44. The van der Waals surface area contributed by atoms with Crippen molar-refractivity contribution < 1.29 is 19.2 Å². The molecule has 110 valence electrons. The number of carbonyl (C=O) groups excluding carboxylic acids is 1. The largest absolute Gasteiger partial charge is 0.484 e. The van der Waals surface area contributed by atoms with Crippen LogP contribution >= 0.6 is 0 Å². The first-order valence-corrected chi connectivity index (χ1v) is 6.19. The van der Waals surface area contributed by atoms with E-state index in [0.29, 0.717) is 12.1 Å². The molecule has 1 unspecified atom stereocenters. The molecule has 0 heterocycles. The molecule has 0 aliphatic heterocycles. The van der Waals surface area contributed by atoms with Gasteiger partial charge in [-0.25, -0.2) is 0 Å². The molecule has 20 heavy (non-hydrogen) atoms. The summed E-state index contributed by atoms with van der Waals surface area (Å²) in [7, 11) is 1.28. The van der Waals surface area contributed by atoms with E-state index in [2.05, 4.69) is 10.1 Å². The second-order valence-electron chi connectivity index (χ2n) is 4.12. The molecule has 1 rings (SSSR count). The number of carbonyl (C=O) groups is 1. The topological polar surface area (TPSA) is 90.7 Å². The molecule has 7 heteroatoms. The molecule has 0 aromatic heterocycles. The van der Waals surface area contributed by atoms with Gasteiger partial charge in [0.25, 0.3) is 0 Å². The van der Waals surface area contributed by atoms with Crippen molar-refractivity contribution in [3.63, 3.8) is 0 Å². The molecule has 0 bridgehead atoms. The van der Waals surface area contributed by atoms with Gasteiger partial charge in [0.2, 0.25) is 0 Å². The normalized spacial score (nSPS) is 11.8. The molecule has 0 aliphatic rings. The first kappa shape index (κ1) is 15.9. The fourth-order valence-corrected chi connectivity index (χ4v) is 1.73. The quantitative estimate of drug-likeness (QED) is 0.462. The number of likely N-dealkylation sites (N-methyl/N-ethyl adjacent to an activating group) is 1. The summed E-state index contributed by atoms with van der Waals surface area (Å²) in [4.78, 5) is 22.0. The first-order valence-electron chi connectivity index (χ1n) is 6.19. The predicted octanol–water partition coefficient (Wildman–Crippen LogP) is 1.43. The van der Waals surface area contributed by atoms with E-state index >= 15 is 0 Å². The SMILES string of the molecule is CCNC(COc1c(C)cccc1[N+](=O)[O-])C(=O)OC. The number of para-hydroxylation sites is 1. The molecule has 0 saturated carbocycles. The number of hydrogen-bond acceptors (Lipinski definition) is 6. The molecule has 1 atom stereocenters. The Bertz CT molecular complexity index is 490. The number of rotatable bonds is 7. The van der Waals surface area contributed by atoms with Crippen LogP contribution in [0.1, 0.15) is 12.5 Å². The molecular weight excluding hydrogens is 264 g/mol. The smallest absolute Gasteiger partial charge is 0.326 e. The van der Waals surface area contributed by atoms with E-state index in [4.69, 9.17) is 4.74 Å². The van der Waals surface area contributed by atoms with Crippen LogP contribution in [0.25, 0.3) is 0 Å². The molecule has 7 nitrogen and oxygen atoms in total. The lowest BCUT2D eigenvalue weighted by Gasteiger charge is -2.17. The molecule has 0 amide bonds. The Morgan fingerprint density at radius 1 is 1.50 bits per heavy atom. The van der Waals surface area contributed by atoms with E-state index < -0.39 is 16.9 Å². The highest BCUT2D eigenvalue weighted by Gasteiger charge is 2.22. The van der Waals surface area contributed by atoms with Crippen LogP contribution < -0.4 is 10.1 Å². The molecule has 1 aromatic rings. The molecular formula is C13H18N2O5. The molecule has 0 radical (unpaired) electrons. The number of nitro groups is 1. The number of nitrogens with zero attached hydrogens (tertiary/aromatic N) is 1. The monoisotopic (exact) mass is 282 g/mol. The molecule has 1 aromatic carbocycles. The Labute approximate surface area is 117 Å². The zero-order valence-electron chi connectivity index (χ0n) is 11.7. The Morgan fingerprint density at radius 2 is 2.20 bits per heavy atom. The summed E-state index contributed by atoms with van der Waals surface area (Å²) in [6, 6.07) is 4.00. The third-order valence-corrected chi connectivity index (χ3v) is 2.72. The number of nitro benzene ring substituents is 1. The van der Waals surface area contributed by atoms with Crippen molar-refractivity contribution in [3.05, 3.63) is 33.9 Å². The van der Waals surface area contributed by atoms with Crippen LogP contribution in [0.15, 0.2) is 18.2 Å². The minimum Gasteiger partial charge on any atom is -0.484 e. The van der Waals surface area contributed by atoms with E-state index in [1.165, 1.54) is 13.2 Å². The lowest BCUT2D eigenvalue weighted by molar-refractivity contribution is -0.385. The van der Waals surface area contributed by atoms with Crippen molar-refractivity contribution in [2.24, 2.45) is 0 Å². The minimum absolute atomic E-state index is 0.0355. The number of esters is 1. The maximum atomic E-state index is 11.5. The Kier molecular flexibility index (Phi) is 5.92. The van der Waals surface area contributed by atoms with Gasteiger partial charge in [-0.3, -0.25) is 14.9 Å². The average molecular weight is 282 g/mol. The van der Waals surface area contributed by atoms with Crippen molar-refractivity contribution in [2.75, 3.05) is 20.3 Å². The van der Waals surface area contributed by atoms with Gasteiger partial charge in [-0.1, -0.05) is 19.1 Å². The fraction of sp³-hybridized carbons (Fsp3) is 0.462. The van der Waals surface area contributed by atoms with E-state index in [0.717, 1.165) is 0 Å². The van der Waals surface area contributed by atoms with Gasteiger partial charge in [0.1, 0.15) is 12.6 Å². The lowest BCUT2D eigenvalue weighted by atomic mass is 10.2. The Balaban J connectivity index is 2.87. The Hall–Kier alpha value is -2.15. The van der Waals surface area contributed by atoms with Crippen molar-refractivity contribution in [1.82, 2.24) is 5.32 Å². The molecule has 1 N–H and O–H groups in total. The summed E-state index contributed by atoms with van der Waals surface area (Å²) in [5, 5.41) is 13.9. The van der Waals surface area contributed by atoms with Crippen LogP contribution in [-0.4, -0.2) is 37.2 Å². The van der Waals surface area contributed by atoms with Crippen molar-refractivity contribution in [2.45, 2.75) is 19.9 Å². The first-order chi connectivity index (χ1) is 9.51. The molecule has 0 fully saturated rings. The van der Waals surface area contributed by atoms with Crippen molar-refractivity contribution in [3.8, 4) is 5.75 Å². The maximum absolute atomic E-state index is 11.5. The van der Waals surface area contributed by atoms with Crippen LogP contribution in [0.4, 0.5) is 5.69 Å². The van der Waals surface area contributed by atoms with Gasteiger partial charge in [0.05, 0.1) is 12.0 Å². The summed E-state index contributed by atoms with van der Waals surface area (Å²) < 4.78 is 10.1. The number of hydrogen-bond donors (Lipinski definition) is 1. The fourth-order valence-electron chi connectivity index (χ4n) is 1.73. The average Bonchev–Trinajstić information content (AvgIpc) is 2.43. The zero-order valence-corrected chi connectivity index (χ0v) is 11.7. The van der Waals surface area contributed by atoms with Gasteiger partial charge < -0.3 is 14.8 Å².